The van der Waals surface area contributed by atoms with Gasteiger partial charge in [0, 0.05) is 50.0 Å². The number of ether oxygens (including phenoxy) is 1. The molecular weight excluding hydrogens is 617 g/mol. The Morgan fingerprint density at radius 1 is 0.829 bits per heavy atom. The van der Waals surface area contributed by atoms with Crippen molar-refractivity contribution < 1.29 is 30.9 Å². The van der Waals surface area contributed by atoms with Gasteiger partial charge in [-0.1, -0.05) is 23.7 Å². The molecule has 6 aromatic rings. The number of hydrogen-bond donors (Lipinski definition) is 1. The Morgan fingerprint density at radius 2 is 1.63 bits per heavy atom. The zero-order valence-corrected chi connectivity index (χ0v) is 21.7. The molecule has 3 heterocycles. The zero-order chi connectivity index (χ0) is 23.4. The number of fused-ring (bicyclic) bond motifs is 4. The summed E-state index contributed by atoms with van der Waals surface area (Å²) in [5.41, 5.74) is 5.73. The number of rotatable bonds is 3. The number of nitrogens with zero attached hydrogens (tertiary/aromatic N) is 3. The molecule has 0 aliphatic heterocycles. The smallest absolute Gasteiger partial charge is 0.217 e. The summed E-state index contributed by atoms with van der Waals surface area (Å²) >= 11 is 0. The Bertz CT molecular complexity index is 1720. The molecule has 0 unspecified atom stereocenters. The predicted molar refractivity (Wildman–Crippen MR) is 135 cm³/mol. The molecule has 0 aliphatic rings. The molecule has 6 rings (SSSR count). The molecule has 6 heteroatoms. The first-order valence-corrected chi connectivity index (χ1v) is 11.1. The summed E-state index contributed by atoms with van der Waals surface area (Å²) < 4.78 is 8.22. The summed E-state index contributed by atoms with van der Waals surface area (Å²) in [6, 6.07) is 25.3. The van der Waals surface area contributed by atoms with Crippen molar-refractivity contribution in [2.24, 2.45) is 0 Å². The third kappa shape index (κ3) is 4.06. The molecular formula is C29H22N3O2Pt-. The third-order valence-electron chi connectivity index (χ3n) is 6.04. The van der Waals surface area contributed by atoms with E-state index in [1.54, 1.807) is 12.1 Å². The maximum absolute atomic E-state index is 10.3. The van der Waals surface area contributed by atoms with E-state index in [4.69, 9.17) is 4.74 Å². The second-order valence-electron chi connectivity index (χ2n) is 8.74. The molecule has 0 radical (unpaired) electrons. The minimum absolute atomic E-state index is 0. The largest absolute Gasteiger partial charge is 0.506 e. The summed E-state index contributed by atoms with van der Waals surface area (Å²) in [5.74, 6) is 1.91. The molecule has 0 fully saturated rings. The Labute approximate surface area is 217 Å². The first-order chi connectivity index (χ1) is 16.5. The van der Waals surface area contributed by atoms with Crippen LogP contribution >= 0.6 is 0 Å². The van der Waals surface area contributed by atoms with Gasteiger partial charge >= 0.3 is 0 Å². The number of aryl methyl sites for hydroxylation is 3. The van der Waals surface area contributed by atoms with E-state index in [0.29, 0.717) is 17.1 Å². The number of pyridine rings is 2. The summed E-state index contributed by atoms with van der Waals surface area (Å²) in [4.78, 5) is 9.20. The van der Waals surface area contributed by atoms with E-state index in [0.717, 1.165) is 44.1 Å². The number of phenols is 1. The van der Waals surface area contributed by atoms with Crippen LogP contribution in [0.2, 0.25) is 0 Å². The predicted octanol–water partition coefficient (Wildman–Crippen LogP) is 6.95. The number of aromatic nitrogens is 3. The van der Waals surface area contributed by atoms with Crippen LogP contribution in [0.15, 0.2) is 72.9 Å². The van der Waals surface area contributed by atoms with Gasteiger partial charge in [-0.3, -0.25) is 0 Å². The van der Waals surface area contributed by atoms with E-state index < -0.39 is 0 Å². The zero-order valence-electron chi connectivity index (χ0n) is 19.4. The van der Waals surface area contributed by atoms with Crippen LogP contribution in [0.4, 0.5) is 0 Å². The third-order valence-corrected chi connectivity index (χ3v) is 6.04. The molecule has 35 heavy (non-hydrogen) atoms. The van der Waals surface area contributed by atoms with E-state index in [2.05, 4.69) is 51.8 Å². The van der Waals surface area contributed by atoms with E-state index in [-0.39, 0.29) is 26.8 Å². The van der Waals surface area contributed by atoms with Crippen LogP contribution in [-0.4, -0.2) is 19.6 Å². The van der Waals surface area contributed by atoms with Crippen molar-refractivity contribution in [1.29, 1.82) is 0 Å². The summed E-state index contributed by atoms with van der Waals surface area (Å²) in [6.45, 7) is 6.06. The molecule has 1 N–H and O–H groups in total. The number of benzene rings is 3. The van der Waals surface area contributed by atoms with Crippen LogP contribution in [0.3, 0.4) is 0 Å². The fraction of sp³-hybridized carbons (Fsp3) is 0.103. The molecule has 0 saturated carbocycles. The number of aromatic hydroxyl groups is 1. The molecule has 176 valence electrons. The molecule has 0 bridgehead atoms. The first kappa shape index (κ1) is 23.1. The monoisotopic (exact) mass is 639 g/mol. The fourth-order valence-corrected chi connectivity index (χ4v) is 4.44. The van der Waals surface area contributed by atoms with Crippen LogP contribution < -0.4 is 4.74 Å². The molecule has 3 aromatic carbocycles. The van der Waals surface area contributed by atoms with E-state index in [9.17, 15) is 5.11 Å². The molecule has 0 amide bonds. The van der Waals surface area contributed by atoms with Crippen LogP contribution in [0.1, 0.15) is 16.7 Å². The van der Waals surface area contributed by atoms with E-state index >= 15 is 0 Å². The second kappa shape index (κ2) is 8.83. The molecule has 3 aromatic heterocycles. The average molecular weight is 640 g/mol. The molecule has 0 spiro atoms. The second-order valence-corrected chi connectivity index (χ2v) is 8.74. The Morgan fingerprint density at radius 3 is 2.43 bits per heavy atom. The normalized spacial score (nSPS) is 11.2. The minimum atomic E-state index is 0. The van der Waals surface area contributed by atoms with Crippen LogP contribution in [-0.2, 0) is 21.1 Å². The van der Waals surface area contributed by atoms with Crippen molar-refractivity contribution in [3.05, 3.63) is 95.7 Å². The molecule has 0 saturated heterocycles. The summed E-state index contributed by atoms with van der Waals surface area (Å²) in [7, 11) is 0. The van der Waals surface area contributed by atoms with Crippen molar-refractivity contribution >= 4 is 32.7 Å². The van der Waals surface area contributed by atoms with Crippen LogP contribution in [0.5, 0.6) is 17.4 Å². The van der Waals surface area contributed by atoms with Gasteiger partial charge in [0.15, 0.2) is 0 Å². The minimum Gasteiger partial charge on any atom is -0.506 e. The van der Waals surface area contributed by atoms with Gasteiger partial charge in [-0.15, -0.1) is 17.5 Å². The van der Waals surface area contributed by atoms with Crippen LogP contribution in [0, 0.1) is 26.8 Å². The van der Waals surface area contributed by atoms with Gasteiger partial charge in [0.1, 0.15) is 17.1 Å². The van der Waals surface area contributed by atoms with E-state index in [1.165, 1.54) is 5.56 Å². The van der Waals surface area contributed by atoms with Gasteiger partial charge in [0.25, 0.3) is 0 Å². The Balaban J connectivity index is 0.00000253. The topological polar surface area (TPSA) is 60.2 Å². The van der Waals surface area contributed by atoms with Gasteiger partial charge in [-0.2, -0.15) is 6.07 Å². The van der Waals surface area contributed by atoms with E-state index in [1.807, 2.05) is 50.4 Å². The van der Waals surface area contributed by atoms with Crippen LogP contribution in [0.25, 0.3) is 38.5 Å². The molecule has 5 nitrogen and oxygen atoms in total. The summed E-state index contributed by atoms with van der Waals surface area (Å²) in [6.07, 6.45) is 1.87. The van der Waals surface area contributed by atoms with Gasteiger partial charge in [-0.25, -0.2) is 9.97 Å². The van der Waals surface area contributed by atoms with Gasteiger partial charge in [-0.05, 0) is 73.2 Å². The quantitative estimate of drug-likeness (QED) is 0.213. The number of hydrogen-bond acceptors (Lipinski definition) is 4. The SMILES string of the molecule is Cc1ccc(-n2c3[c-]c(Oc4ccc5cc(C)cc(O)c5n4)ccc3c3ccc(C)cc32)nc1.[Pt]. The van der Waals surface area contributed by atoms with Crippen molar-refractivity contribution in [3.63, 3.8) is 0 Å². The van der Waals surface area contributed by atoms with Gasteiger partial charge in [0.05, 0.1) is 0 Å². The standard InChI is InChI=1S/C29H22N3O2.Pt/c1-17-4-8-22-23-9-7-21(34-28-11-6-20-12-19(3)14-26(33)29(20)31-28)15-25(23)32(24(22)13-17)27-10-5-18(2)16-30-27;/h4-14,16,33H,1-3H3;/q-1;. The maximum atomic E-state index is 10.3. The molecule has 0 atom stereocenters. The Kier molecular flexibility index (Phi) is 5.82. The molecule has 0 aliphatic carbocycles. The average Bonchev–Trinajstić information content (AvgIpc) is 3.12. The van der Waals surface area contributed by atoms with Crippen molar-refractivity contribution in [2.45, 2.75) is 20.8 Å². The fourth-order valence-electron chi connectivity index (χ4n) is 4.44. The van der Waals surface area contributed by atoms with Crippen molar-refractivity contribution in [1.82, 2.24) is 14.5 Å². The van der Waals surface area contributed by atoms with Gasteiger partial charge in [0.2, 0.25) is 5.88 Å². The summed E-state index contributed by atoms with van der Waals surface area (Å²) in [5, 5.41) is 13.4. The maximum Gasteiger partial charge on any atom is 0.217 e. The van der Waals surface area contributed by atoms with Gasteiger partial charge < -0.3 is 14.4 Å². The number of phenolic OH excluding ortho intramolecular Hbond substituents is 1. The first-order valence-electron chi connectivity index (χ1n) is 11.1. The Hall–Kier alpha value is -3.69. The van der Waals surface area contributed by atoms with Crippen molar-refractivity contribution in [2.75, 3.05) is 0 Å². The van der Waals surface area contributed by atoms with Crippen molar-refractivity contribution in [3.8, 4) is 23.2 Å².